The monoisotopic (exact) mass is 274 g/mol. The minimum Gasteiger partial charge on any atom is -0.399 e. The molecule has 0 fully saturated rings. The zero-order valence-corrected chi connectivity index (χ0v) is 11.6. The first-order chi connectivity index (χ1) is 8.40. The lowest BCUT2D eigenvalue weighted by molar-refractivity contribution is 1.30. The average molecular weight is 274 g/mol. The quantitative estimate of drug-likeness (QED) is 0.661. The first kappa shape index (κ1) is 20.4. The maximum Gasteiger partial charge on any atom is 0.0345 e. The van der Waals surface area contributed by atoms with Gasteiger partial charge < -0.3 is 11.5 Å². The average Bonchev–Trinajstić information content (AvgIpc) is 2.30. The highest BCUT2D eigenvalue weighted by atomic mass is 14.6. The van der Waals surface area contributed by atoms with Crippen molar-refractivity contribution in [2.45, 2.75) is 42.5 Å². The summed E-state index contributed by atoms with van der Waals surface area (Å²) in [5.74, 6) is 0. The Bertz CT molecular complexity index is 481. The predicted octanol–water partition coefficient (Wildman–Crippen LogP) is 5.04. The van der Waals surface area contributed by atoms with Gasteiger partial charge in [-0.25, -0.2) is 0 Å². The van der Waals surface area contributed by atoms with Crippen molar-refractivity contribution in [2.24, 2.45) is 0 Å². The summed E-state index contributed by atoms with van der Waals surface area (Å²) in [6.45, 7) is 8.33. The van der Waals surface area contributed by atoms with E-state index < -0.39 is 0 Å². The van der Waals surface area contributed by atoms with Crippen LogP contribution in [0.3, 0.4) is 0 Å². The predicted molar refractivity (Wildman–Crippen MR) is 94.1 cm³/mol. The van der Waals surface area contributed by atoms with E-state index in [-0.39, 0.29) is 14.9 Å². The second kappa shape index (κ2) is 9.03. The molecular weight excluding hydrogens is 244 g/mol. The summed E-state index contributed by atoms with van der Waals surface area (Å²) in [6.07, 6.45) is 0. The Kier molecular flexibility index (Phi) is 9.19. The third kappa shape index (κ3) is 6.28. The van der Waals surface area contributed by atoms with Crippen molar-refractivity contribution < 1.29 is 0 Å². The summed E-state index contributed by atoms with van der Waals surface area (Å²) in [5, 5.41) is 0. The Balaban J connectivity index is 0. The molecule has 0 heterocycles. The Labute approximate surface area is 124 Å². The lowest BCUT2D eigenvalue weighted by atomic mass is 10.1. The van der Waals surface area contributed by atoms with E-state index in [4.69, 9.17) is 11.5 Å². The van der Waals surface area contributed by atoms with Crippen LogP contribution in [0, 0.1) is 27.7 Å². The van der Waals surface area contributed by atoms with E-state index in [2.05, 4.69) is 39.0 Å². The molecule has 0 aliphatic heterocycles. The minimum absolute atomic E-state index is 0. The van der Waals surface area contributed by atoms with Gasteiger partial charge in [-0.15, -0.1) is 0 Å². The third-order valence-corrected chi connectivity index (χ3v) is 2.96. The van der Waals surface area contributed by atoms with Crippen LogP contribution in [0.4, 0.5) is 11.4 Å². The van der Waals surface area contributed by atoms with Gasteiger partial charge in [-0.05, 0) is 62.6 Å². The van der Waals surface area contributed by atoms with E-state index in [1.54, 1.807) is 6.07 Å². The van der Waals surface area contributed by atoms with Crippen LogP contribution >= 0.6 is 0 Å². The van der Waals surface area contributed by atoms with E-state index in [9.17, 15) is 0 Å². The number of anilines is 2. The van der Waals surface area contributed by atoms with Gasteiger partial charge in [-0.2, -0.15) is 0 Å². The molecule has 2 aromatic rings. The summed E-state index contributed by atoms with van der Waals surface area (Å²) in [5.41, 5.74) is 17.7. The van der Waals surface area contributed by atoms with Crippen molar-refractivity contribution in [3.05, 3.63) is 58.7 Å². The lowest BCUT2D eigenvalue weighted by Gasteiger charge is -1.98. The largest absolute Gasteiger partial charge is 0.399 e. The van der Waals surface area contributed by atoms with Crippen LogP contribution < -0.4 is 11.5 Å². The standard InChI is InChI=1S/C9H12.C7H10N2.2CH4/c1-7-4-5-8(2)9(3)6-7;1-5-4-6(8)2-3-7(5)9;;/h4-6H,1-3H3;2-4H,8-9H2,1H3;2*1H4. The highest BCUT2D eigenvalue weighted by Crippen LogP contribution is 2.12. The number of aryl methyl sites for hydroxylation is 4. The number of hydrogen-bond donors (Lipinski definition) is 2. The van der Waals surface area contributed by atoms with Gasteiger partial charge in [-0.1, -0.05) is 38.6 Å². The van der Waals surface area contributed by atoms with Crippen molar-refractivity contribution in [1.29, 1.82) is 0 Å². The number of nitrogens with two attached hydrogens (primary N) is 2. The molecule has 0 radical (unpaired) electrons. The smallest absolute Gasteiger partial charge is 0.0345 e. The summed E-state index contributed by atoms with van der Waals surface area (Å²) in [7, 11) is 0. The molecule has 0 saturated heterocycles. The van der Waals surface area contributed by atoms with Crippen molar-refractivity contribution >= 4 is 11.4 Å². The molecule has 0 amide bonds. The van der Waals surface area contributed by atoms with Gasteiger partial charge in [0, 0.05) is 11.4 Å². The molecule has 2 aromatic carbocycles. The van der Waals surface area contributed by atoms with Gasteiger partial charge in [0.15, 0.2) is 0 Å². The summed E-state index contributed by atoms with van der Waals surface area (Å²) in [4.78, 5) is 0. The number of benzene rings is 2. The van der Waals surface area contributed by atoms with Gasteiger partial charge in [0.25, 0.3) is 0 Å². The highest BCUT2D eigenvalue weighted by molar-refractivity contribution is 5.54. The Hall–Kier alpha value is -1.96. The molecule has 2 heteroatoms. The van der Waals surface area contributed by atoms with Gasteiger partial charge in [-0.3, -0.25) is 0 Å². The Morgan fingerprint density at radius 3 is 1.65 bits per heavy atom. The molecule has 2 rings (SSSR count). The highest BCUT2D eigenvalue weighted by Gasteiger charge is 1.90. The van der Waals surface area contributed by atoms with Crippen LogP contribution in [0.5, 0.6) is 0 Å². The first-order valence-corrected chi connectivity index (χ1v) is 6.05. The summed E-state index contributed by atoms with van der Waals surface area (Å²) in [6, 6.07) is 12.0. The third-order valence-electron chi connectivity index (χ3n) is 2.96. The van der Waals surface area contributed by atoms with Crippen LogP contribution in [0.15, 0.2) is 36.4 Å². The van der Waals surface area contributed by atoms with Gasteiger partial charge in [0.2, 0.25) is 0 Å². The number of rotatable bonds is 0. The van der Waals surface area contributed by atoms with Crippen molar-refractivity contribution in [2.75, 3.05) is 11.5 Å². The van der Waals surface area contributed by atoms with Crippen molar-refractivity contribution in [3.8, 4) is 0 Å². The topological polar surface area (TPSA) is 52.0 Å². The molecule has 0 aliphatic rings. The van der Waals surface area contributed by atoms with E-state index in [0.29, 0.717) is 0 Å². The molecule has 0 bridgehead atoms. The zero-order valence-electron chi connectivity index (χ0n) is 11.6. The van der Waals surface area contributed by atoms with Gasteiger partial charge in [0.1, 0.15) is 0 Å². The fraction of sp³-hybridized carbons (Fsp3) is 0.333. The molecule has 0 aromatic heterocycles. The Morgan fingerprint density at radius 1 is 0.650 bits per heavy atom. The maximum atomic E-state index is 5.53. The molecule has 4 N–H and O–H groups in total. The molecule has 0 saturated carbocycles. The van der Waals surface area contributed by atoms with Gasteiger partial charge in [0.05, 0.1) is 0 Å². The molecular formula is C18H30N2. The number of nitrogen functional groups attached to an aromatic ring is 2. The van der Waals surface area contributed by atoms with Crippen molar-refractivity contribution in [3.63, 3.8) is 0 Å². The fourth-order valence-electron chi connectivity index (χ4n) is 1.59. The first-order valence-electron chi connectivity index (χ1n) is 6.05. The van der Waals surface area contributed by atoms with Crippen LogP contribution in [-0.2, 0) is 0 Å². The molecule has 20 heavy (non-hydrogen) atoms. The lowest BCUT2D eigenvalue weighted by Crippen LogP contribution is -1.91. The normalized spacial score (nSPS) is 8.60. The van der Waals surface area contributed by atoms with Crippen LogP contribution in [0.1, 0.15) is 37.1 Å². The molecule has 112 valence electrons. The van der Waals surface area contributed by atoms with Crippen LogP contribution in [0.2, 0.25) is 0 Å². The van der Waals surface area contributed by atoms with Crippen LogP contribution in [0.25, 0.3) is 0 Å². The van der Waals surface area contributed by atoms with E-state index in [1.165, 1.54) is 16.7 Å². The van der Waals surface area contributed by atoms with Gasteiger partial charge >= 0.3 is 0 Å². The number of hydrogen-bond acceptors (Lipinski definition) is 2. The molecule has 0 aliphatic carbocycles. The SMILES string of the molecule is C.C.Cc1cc(N)ccc1N.Cc1ccc(C)c(C)c1. The maximum absolute atomic E-state index is 5.53. The van der Waals surface area contributed by atoms with Crippen molar-refractivity contribution in [1.82, 2.24) is 0 Å². The van der Waals surface area contributed by atoms with E-state index in [1.807, 2.05) is 19.1 Å². The summed E-state index contributed by atoms with van der Waals surface area (Å²) >= 11 is 0. The summed E-state index contributed by atoms with van der Waals surface area (Å²) < 4.78 is 0. The Morgan fingerprint density at radius 2 is 1.25 bits per heavy atom. The molecule has 0 atom stereocenters. The molecule has 2 nitrogen and oxygen atoms in total. The molecule has 0 spiro atoms. The van der Waals surface area contributed by atoms with E-state index in [0.717, 1.165) is 16.9 Å². The second-order valence-corrected chi connectivity index (χ2v) is 4.70. The van der Waals surface area contributed by atoms with E-state index >= 15 is 0 Å². The fourth-order valence-corrected chi connectivity index (χ4v) is 1.59. The zero-order chi connectivity index (χ0) is 13.7. The minimum atomic E-state index is 0. The molecule has 0 unspecified atom stereocenters. The second-order valence-electron chi connectivity index (χ2n) is 4.70. The van der Waals surface area contributed by atoms with Crippen LogP contribution in [-0.4, -0.2) is 0 Å².